The summed E-state index contributed by atoms with van der Waals surface area (Å²) in [5.74, 6) is -0.0808. The number of rotatable bonds is 8. The topological polar surface area (TPSA) is 88.5 Å². The lowest BCUT2D eigenvalue weighted by molar-refractivity contribution is -0.149. The maximum Gasteiger partial charge on any atom is 0.416 e. The minimum atomic E-state index is -4.46. The molecule has 0 unspecified atom stereocenters. The molecule has 198 valence electrons. The highest BCUT2D eigenvalue weighted by Crippen LogP contribution is 2.34. The van der Waals surface area contributed by atoms with Gasteiger partial charge in [0.05, 0.1) is 36.2 Å². The molecule has 2 aliphatic rings. The van der Waals surface area contributed by atoms with Gasteiger partial charge in [0, 0.05) is 30.6 Å². The van der Waals surface area contributed by atoms with Crippen molar-refractivity contribution in [3.05, 3.63) is 23.8 Å². The van der Waals surface area contributed by atoms with Crippen LogP contribution in [0.15, 0.2) is 18.2 Å². The summed E-state index contributed by atoms with van der Waals surface area (Å²) in [4.78, 5) is 26.8. The number of hydrogen-bond donors (Lipinski definition) is 2. The monoisotopic (exact) mass is 509 g/mol. The van der Waals surface area contributed by atoms with Crippen LogP contribution in [0.5, 0.6) is 0 Å². The lowest BCUT2D eigenvalue weighted by Crippen LogP contribution is -2.63. The average molecular weight is 510 g/mol. The quantitative estimate of drug-likeness (QED) is 0.524. The molecule has 1 aromatic carbocycles. The minimum Gasteiger partial charge on any atom is -0.466 e. The number of fused-ring (bicyclic) bond motifs is 1. The van der Waals surface area contributed by atoms with Crippen molar-refractivity contribution in [1.82, 2.24) is 20.0 Å². The summed E-state index contributed by atoms with van der Waals surface area (Å²) >= 11 is 0. The Bertz CT molecular complexity index is 1090. The SMILES string of the molecule is CCOC(=O)C1CCC(N2CC(NC(=O)CNc3nn(C(C)C)c4ccc(C(F)(F)F)cc34)C2)CC1. The summed E-state index contributed by atoms with van der Waals surface area (Å²) in [5, 5.41) is 10.7. The molecule has 8 nitrogen and oxygen atoms in total. The Morgan fingerprint density at radius 3 is 2.47 bits per heavy atom. The second kappa shape index (κ2) is 10.7. The number of anilines is 1. The highest BCUT2D eigenvalue weighted by atomic mass is 19.4. The fourth-order valence-electron chi connectivity index (χ4n) is 5.12. The Morgan fingerprint density at radius 2 is 1.86 bits per heavy atom. The molecule has 1 saturated carbocycles. The molecular formula is C25H34F3N5O3. The first-order valence-electron chi connectivity index (χ1n) is 12.6. The number of ether oxygens (including phenoxy) is 1. The van der Waals surface area contributed by atoms with E-state index < -0.39 is 11.7 Å². The van der Waals surface area contributed by atoms with Crippen molar-refractivity contribution in [2.75, 3.05) is 31.6 Å². The van der Waals surface area contributed by atoms with Gasteiger partial charge in [0.1, 0.15) is 0 Å². The van der Waals surface area contributed by atoms with E-state index in [1.807, 2.05) is 20.8 Å². The van der Waals surface area contributed by atoms with Crippen LogP contribution in [0.2, 0.25) is 0 Å². The van der Waals surface area contributed by atoms with E-state index >= 15 is 0 Å². The zero-order chi connectivity index (χ0) is 26.0. The van der Waals surface area contributed by atoms with E-state index in [9.17, 15) is 22.8 Å². The number of halogens is 3. The number of carbonyl (C=O) groups excluding carboxylic acids is 2. The number of carbonyl (C=O) groups is 2. The Labute approximate surface area is 208 Å². The van der Waals surface area contributed by atoms with E-state index in [-0.39, 0.29) is 42.2 Å². The van der Waals surface area contributed by atoms with Crippen LogP contribution in [-0.4, -0.2) is 64.9 Å². The Kier molecular flexibility index (Phi) is 7.77. The highest BCUT2D eigenvalue weighted by molar-refractivity contribution is 5.92. The molecule has 1 aromatic heterocycles. The molecule has 2 fully saturated rings. The van der Waals surface area contributed by atoms with Crippen molar-refractivity contribution in [3.63, 3.8) is 0 Å². The van der Waals surface area contributed by atoms with Crippen LogP contribution in [0.4, 0.5) is 19.0 Å². The lowest BCUT2D eigenvalue weighted by atomic mass is 9.84. The van der Waals surface area contributed by atoms with Crippen LogP contribution in [0.25, 0.3) is 10.9 Å². The van der Waals surface area contributed by atoms with E-state index in [0.29, 0.717) is 23.6 Å². The molecule has 0 radical (unpaired) electrons. The fourth-order valence-corrected chi connectivity index (χ4v) is 5.12. The van der Waals surface area contributed by atoms with Crippen LogP contribution in [0.3, 0.4) is 0 Å². The summed E-state index contributed by atoms with van der Waals surface area (Å²) in [5.41, 5.74) is -0.176. The number of esters is 1. The average Bonchev–Trinajstić information content (AvgIpc) is 3.18. The Balaban J connectivity index is 1.27. The number of amides is 1. The Morgan fingerprint density at radius 1 is 1.17 bits per heavy atom. The van der Waals surface area contributed by atoms with E-state index in [1.165, 1.54) is 6.07 Å². The summed E-state index contributed by atoms with van der Waals surface area (Å²) < 4.78 is 46.5. The van der Waals surface area contributed by atoms with Gasteiger partial charge in [-0.3, -0.25) is 19.2 Å². The predicted octanol–water partition coefficient (Wildman–Crippen LogP) is 3.97. The van der Waals surface area contributed by atoms with Crippen LogP contribution in [0, 0.1) is 5.92 Å². The largest absolute Gasteiger partial charge is 0.466 e. The molecule has 4 rings (SSSR count). The van der Waals surface area contributed by atoms with E-state index in [2.05, 4.69) is 20.6 Å². The fraction of sp³-hybridized carbons (Fsp3) is 0.640. The molecule has 1 aliphatic carbocycles. The van der Waals surface area contributed by atoms with Crippen molar-refractivity contribution in [2.45, 2.75) is 70.8 Å². The first-order valence-corrected chi connectivity index (χ1v) is 12.6. The minimum absolute atomic E-state index is 0.00786. The van der Waals surface area contributed by atoms with Crippen molar-refractivity contribution in [1.29, 1.82) is 0 Å². The molecular weight excluding hydrogens is 475 g/mol. The summed E-state index contributed by atoms with van der Waals surface area (Å²) in [6, 6.07) is 3.92. The molecule has 1 aliphatic heterocycles. The molecule has 0 bridgehead atoms. The van der Waals surface area contributed by atoms with Gasteiger partial charge in [-0.25, -0.2) is 0 Å². The lowest BCUT2D eigenvalue weighted by Gasteiger charge is -2.46. The number of nitrogens with one attached hydrogen (secondary N) is 2. The van der Waals surface area contributed by atoms with E-state index in [0.717, 1.165) is 50.9 Å². The number of aromatic nitrogens is 2. The molecule has 11 heteroatoms. The van der Waals surface area contributed by atoms with Gasteiger partial charge < -0.3 is 15.4 Å². The second-order valence-corrected chi connectivity index (χ2v) is 9.95. The molecule has 2 aromatic rings. The van der Waals surface area contributed by atoms with Gasteiger partial charge in [0.15, 0.2) is 5.82 Å². The van der Waals surface area contributed by atoms with Gasteiger partial charge in [0.25, 0.3) is 0 Å². The smallest absolute Gasteiger partial charge is 0.416 e. The third-order valence-corrected chi connectivity index (χ3v) is 7.05. The standard InChI is InChI=1S/C25H34F3N5O3/c1-4-36-24(35)16-5-8-19(9-6-16)32-13-18(14-32)30-22(34)12-29-23-20-11-17(25(26,27)28)7-10-21(20)33(31-23)15(2)3/h7,10-11,15-16,18-19H,4-6,8-9,12-14H2,1-3H3,(H,29,31)(H,30,34). The van der Waals surface area contributed by atoms with Gasteiger partial charge in [0.2, 0.25) is 5.91 Å². The first-order chi connectivity index (χ1) is 17.1. The van der Waals surface area contributed by atoms with E-state index in [4.69, 9.17) is 4.74 Å². The van der Waals surface area contributed by atoms with Crippen LogP contribution >= 0.6 is 0 Å². The third-order valence-electron chi connectivity index (χ3n) is 7.05. The van der Waals surface area contributed by atoms with Crippen LogP contribution in [0.1, 0.15) is 58.1 Å². The van der Waals surface area contributed by atoms with Crippen molar-refractivity contribution in [2.24, 2.45) is 5.92 Å². The van der Waals surface area contributed by atoms with Crippen LogP contribution in [-0.2, 0) is 20.5 Å². The van der Waals surface area contributed by atoms with Crippen molar-refractivity contribution >= 4 is 28.6 Å². The molecule has 2 N–H and O–H groups in total. The molecule has 1 amide bonds. The van der Waals surface area contributed by atoms with Crippen LogP contribution < -0.4 is 10.6 Å². The number of hydrogen-bond acceptors (Lipinski definition) is 6. The summed E-state index contributed by atoms with van der Waals surface area (Å²) in [7, 11) is 0. The van der Waals surface area contributed by atoms with Gasteiger partial charge in [-0.1, -0.05) is 0 Å². The Hall–Kier alpha value is -2.82. The predicted molar refractivity (Wildman–Crippen MR) is 129 cm³/mol. The maximum atomic E-state index is 13.2. The van der Waals surface area contributed by atoms with Crippen molar-refractivity contribution < 1.29 is 27.5 Å². The van der Waals surface area contributed by atoms with Gasteiger partial charge in [-0.15, -0.1) is 0 Å². The summed E-state index contributed by atoms with van der Waals surface area (Å²) in [6.45, 7) is 7.43. The number of alkyl halides is 3. The summed E-state index contributed by atoms with van der Waals surface area (Å²) in [6.07, 6.45) is -0.923. The molecule has 0 spiro atoms. The third kappa shape index (κ3) is 5.77. The van der Waals surface area contributed by atoms with E-state index in [1.54, 1.807) is 4.68 Å². The maximum absolute atomic E-state index is 13.2. The zero-order valence-electron chi connectivity index (χ0n) is 20.9. The molecule has 1 saturated heterocycles. The molecule has 2 heterocycles. The van der Waals surface area contributed by atoms with Crippen molar-refractivity contribution in [3.8, 4) is 0 Å². The number of benzene rings is 1. The highest BCUT2D eigenvalue weighted by Gasteiger charge is 2.37. The molecule has 0 atom stereocenters. The number of nitrogens with zero attached hydrogens (tertiary/aromatic N) is 3. The first kappa shape index (κ1) is 26.2. The normalized spacial score (nSPS) is 21.4. The molecule has 36 heavy (non-hydrogen) atoms. The second-order valence-electron chi connectivity index (χ2n) is 9.95. The van der Waals surface area contributed by atoms with Gasteiger partial charge in [-0.05, 0) is 64.7 Å². The number of likely N-dealkylation sites (tertiary alicyclic amines) is 1. The van der Waals surface area contributed by atoms with Gasteiger partial charge >= 0.3 is 12.1 Å². The zero-order valence-corrected chi connectivity index (χ0v) is 20.9. The van der Waals surface area contributed by atoms with Gasteiger partial charge in [-0.2, -0.15) is 18.3 Å².